The summed E-state index contributed by atoms with van der Waals surface area (Å²) in [5.41, 5.74) is 0. The molecule has 9 heavy (non-hydrogen) atoms. The van der Waals surface area contributed by atoms with E-state index in [2.05, 4.69) is 16.4 Å². The molecule has 0 aromatic rings. The van der Waals surface area contributed by atoms with Crippen molar-refractivity contribution >= 4 is 11.9 Å². The SMILES string of the molecule is [CH2]C(=O)OCC(=O)OC. The van der Waals surface area contributed by atoms with Gasteiger partial charge in [-0.1, -0.05) is 0 Å². The number of carbonyl (C=O) groups excluding carboxylic acids is 2. The molecule has 0 saturated carbocycles. The van der Waals surface area contributed by atoms with E-state index in [0.717, 1.165) is 0 Å². The molecule has 4 heteroatoms. The third-order valence-electron chi connectivity index (χ3n) is 0.579. The number of ether oxygens (including phenoxy) is 2. The highest BCUT2D eigenvalue weighted by molar-refractivity contribution is 5.78. The molecule has 1 radical (unpaired) electrons. The molecule has 0 atom stereocenters. The van der Waals surface area contributed by atoms with Gasteiger partial charge in [-0.25, -0.2) is 4.79 Å². The largest absolute Gasteiger partial charge is 0.466 e. The van der Waals surface area contributed by atoms with Gasteiger partial charge in [0.15, 0.2) is 6.61 Å². The average Bonchev–Trinajstić information content (AvgIpc) is 1.83. The molecule has 0 aliphatic heterocycles. The first-order valence-electron chi connectivity index (χ1n) is 2.22. The molecule has 0 saturated heterocycles. The Labute approximate surface area is 52.7 Å². The number of carbonyl (C=O) groups is 2. The third kappa shape index (κ3) is 4.80. The van der Waals surface area contributed by atoms with Crippen LogP contribution < -0.4 is 0 Å². The zero-order valence-corrected chi connectivity index (χ0v) is 5.05. The van der Waals surface area contributed by atoms with Crippen LogP contribution in [0.2, 0.25) is 0 Å². The van der Waals surface area contributed by atoms with Gasteiger partial charge in [-0.2, -0.15) is 0 Å². The summed E-state index contributed by atoms with van der Waals surface area (Å²) in [6.07, 6.45) is 0. The van der Waals surface area contributed by atoms with E-state index in [1.165, 1.54) is 7.11 Å². The Morgan fingerprint density at radius 3 is 2.44 bits per heavy atom. The molecular formula is C5H7O4. The van der Waals surface area contributed by atoms with Crippen LogP contribution in [0.4, 0.5) is 0 Å². The van der Waals surface area contributed by atoms with Crippen LogP contribution in [0.25, 0.3) is 0 Å². The molecule has 0 amide bonds. The molecule has 0 aliphatic carbocycles. The molecule has 0 heterocycles. The van der Waals surface area contributed by atoms with E-state index in [-0.39, 0.29) is 6.61 Å². The quantitative estimate of drug-likeness (QED) is 0.476. The normalized spacial score (nSPS) is 8.22. The van der Waals surface area contributed by atoms with E-state index in [4.69, 9.17) is 0 Å². The molecule has 0 aromatic heterocycles. The number of rotatable bonds is 2. The fraction of sp³-hybridized carbons (Fsp3) is 0.400. The first-order chi connectivity index (χ1) is 4.16. The van der Waals surface area contributed by atoms with Crippen molar-refractivity contribution in [1.29, 1.82) is 0 Å². The molecule has 0 bridgehead atoms. The second-order valence-electron chi connectivity index (χ2n) is 1.24. The number of methoxy groups -OCH3 is 1. The van der Waals surface area contributed by atoms with E-state index in [1.807, 2.05) is 0 Å². The fourth-order valence-electron chi connectivity index (χ4n) is 0.198. The minimum atomic E-state index is -0.736. The first kappa shape index (κ1) is 7.94. The maximum atomic E-state index is 10.2. The highest BCUT2D eigenvalue weighted by Crippen LogP contribution is 1.77. The Balaban J connectivity index is 3.28. The van der Waals surface area contributed by atoms with E-state index < -0.39 is 11.9 Å². The number of hydrogen-bond donors (Lipinski definition) is 0. The maximum absolute atomic E-state index is 10.2. The van der Waals surface area contributed by atoms with Crippen LogP contribution >= 0.6 is 0 Å². The Hall–Kier alpha value is -1.06. The van der Waals surface area contributed by atoms with Crippen molar-refractivity contribution in [3.8, 4) is 0 Å². The van der Waals surface area contributed by atoms with E-state index in [0.29, 0.717) is 0 Å². The van der Waals surface area contributed by atoms with Gasteiger partial charge in [0.2, 0.25) is 0 Å². The monoisotopic (exact) mass is 131 g/mol. The molecular weight excluding hydrogens is 124 g/mol. The summed E-state index contributed by atoms with van der Waals surface area (Å²) in [4.78, 5) is 20.1. The Morgan fingerprint density at radius 1 is 1.56 bits per heavy atom. The average molecular weight is 131 g/mol. The second kappa shape index (κ2) is 3.88. The fourth-order valence-corrected chi connectivity index (χ4v) is 0.198. The molecule has 0 unspecified atom stereocenters. The smallest absolute Gasteiger partial charge is 0.344 e. The first-order valence-corrected chi connectivity index (χ1v) is 2.22. The molecule has 0 fully saturated rings. The van der Waals surface area contributed by atoms with Gasteiger partial charge in [0.25, 0.3) is 0 Å². The minimum absolute atomic E-state index is 0.362. The van der Waals surface area contributed by atoms with Gasteiger partial charge >= 0.3 is 11.9 Å². The van der Waals surface area contributed by atoms with Crippen molar-refractivity contribution in [3.05, 3.63) is 6.92 Å². The predicted molar refractivity (Wildman–Crippen MR) is 28.3 cm³/mol. The Kier molecular flexibility index (Phi) is 3.43. The Morgan fingerprint density at radius 2 is 2.11 bits per heavy atom. The molecule has 0 N–H and O–H groups in total. The summed E-state index contributed by atoms with van der Waals surface area (Å²) < 4.78 is 8.33. The standard InChI is InChI=1S/C5H7O4/c1-4(6)9-3-5(7)8-2/h1,3H2,2H3. The molecule has 0 spiro atoms. The summed E-state index contributed by atoms with van der Waals surface area (Å²) in [5, 5.41) is 0. The van der Waals surface area contributed by atoms with Gasteiger partial charge < -0.3 is 9.47 Å². The zero-order valence-electron chi connectivity index (χ0n) is 5.05. The summed E-state index contributed by atoms with van der Waals surface area (Å²) in [6, 6.07) is 0. The zero-order chi connectivity index (χ0) is 7.28. The summed E-state index contributed by atoms with van der Waals surface area (Å²) in [5.74, 6) is -1.33. The van der Waals surface area contributed by atoms with Gasteiger partial charge in [-0.15, -0.1) is 0 Å². The van der Waals surface area contributed by atoms with Crippen LogP contribution in [0.5, 0.6) is 0 Å². The lowest BCUT2D eigenvalue weighted by atomic mass is 10.7. The van der Waals surface area contributed by atoms with Gasteiger partial charge in [0.1, 0.15) is 0 Å². The van der Waals surface area contributed by atoms with Crippen LogP contribution in [-0.4, -0.2) is 25.7 Å². The Bertz CT molecular complexity index is 118. The van der Waals surface area contributed by atoms with E-state index in [1.54, 1.807) is 0 Å². The van der Waals surface area contributed by atoms with Gasteiger partial charge in [-0.05, 0) is 0 Å². The van der Waals surface area contributed by atoms with Crippen LogP contribution in [0, 0.1) is 6.92 Å². The van der Waals surface area contributed by atoms with Crippen molar-refractivity contribution in [2.45, 2.75) is 0 Å². The molecule has 0 rings (SSSR count). The van der Waals surface area contributed by atoms with Crippen molar-refractivity contribution in [1.82, 2.24) is 0 Å². The van der Waals surface area contributed by atoms with Crippen LogP contribution in [0.3, 0.4) is 0 Å². The van der Waals surface area contributed by atoms with Gasteiger partial charge in [0, 0.05) is 0 Å². The van der Waals surface area contributed by atoms with Gasteiger partial charge in [0.05, 0.1) is 14.0 Å². The van der Waals surface area contributed by atoms with Gasteiger partial charge in [-0.3, -0.25) is 4.79 Å². The summed E-state index contributed by atoms with van der Waals surface area (Å²) in [6.45, 7) is 2.51. The lowest BCUT2D eigenvalue weighted by Crippen LogP contribution is -2.12. The number of hydrogen-bond acceptors (Lipinski definition) is 4. The van der Waals surface area contributed by atoms with Crippen molar-refractivity contribution in [2.75, 3.05) is 13.7 Å². The van der Waals surface area contributed by atoms with Crippen LogP contribution in [-0.2, 0) is 19.1 Å². The van der Waals surface area contributed by atoms with Crippen LogP contribution in [0.1, 0.15) is 0 Å². The van der Waals surface area contributed by atoms with E-state index in [9.17, 15) is 9.59 Å². The summed E-state index contributed by atoms with van der Waals surface area (Å²) >= 11 is 0. The highest BCUT2D eigenvalue weighted by atomic mass is 16.6. The lowest BCUT2D eigenvalue weighted by Gasteiger charge is -1.97. The molecule has 0 aromatic carbocycles. The van der Waals surface area contributed by atoms with E-state index >= 15 is 0 Å². The van der Waals surface area contributed by atoms with Crippen molar-refractivity contribution in [2.24, 2.45) is 0 Å². The highest BCUT2D eigenvalue weighted by Gasteiger charge is 2.00. The molecule has 51 valence electrons. The van der Waals surface area contributed by atoms with Crippen LogP contribution in [0.15, 0.2) is 0 Å². The van der Waals surface area contributed by atoms with Crippen molar-refractivity contribution < 1.29 is 19.1 Å². The molecule has 4 nitrogen and oxygen atoms in total. The topological polar surface area (TPSA) is 52.6 Å². The number of esters is 2. The summed E-state index contributed by atoms with van der Waals surface area (Å²) in [7, 11) is 1.21. The maximum Gasteiger partial charge on any atom is 0.344 e. The minimum Gasteiger partial charge on any atom is -0.466 e. The molecule has 0 aliphatic rings. The lowest BCUT2D eigenvalue weighted by molar-refractivity contribution is -0.154. The third-order valence-corrected chi connectivity index (χ3v) is 0.579. The van der Waals surface area contributed by atoms with Crippen molar-refractivity contribution in [3.63, 3.8) is 0 Å². The predicted octanol–water partition coefficient (Wildman–Crippen LogP) is -0.463. The second-order valence-corrected chi connectivity index (χ2v) is 1.24.